The molecule has 1 aromatic heterocycles. The number of aromatic nitrogens is 4. The van der Waals surface area contributed by atoms with Crippen LogP contribution < -0.4 is 0 Å². The van der Waals surface area contributed by atoms with E-state index in [-0.39, 0.29) is 5.38 Å². The third kappa shape index (κ3) is 1.73. The fraction of sp³-hybridized carbons (Fsp3) is 0.909. The molecule has 2 aliphatic rings. The minimum absolute atomic E-state index is 0.103. The predicted octanol–water partition coefficient (Wildman–Crippen LogP) is 2.41. The Hall–Kier alpha value is -0.640. The van der Waals surface area contributed by atoms with E-state index in [1.165, 1.54) is 25.7 Å². The maximum absolute atomic E-state index is 6.05. The maximum atomic E-state index is 6.05. The summed E-state index contributed by atoms with van der Waals surface area (Å²) in [6.07, 6.45) is 5.64. The molecular weight excluding hydrogens is 224 g/mol. The van der Waals surface area contributed by atoms with Crippen molar-refractivity contribution in [3.05, 3.63) is 5.82 Å². The van der Waals surface area contributed by atoms with E-state index in [0.717, 1.165) is 30.1 Å². The van der Waals surface area contributed by atoms with Gasteiger partial charge in [-0.15, -0.1) is 16.7 Å². The van der Waals surface area contributed by atoms with E-state index in [0.29, 0.717) is 0 Å². The average molecular weight is 241 g/mol. The summed E-state index contributed by atoms with van der Waals surface area (Å²) in [5, 5.41) is 11.7. The van der Waals surface area contributed by atoms with Gasteiger partial charge < -0.3 is 0 Å². The van der Waals surface area contributed by atoms with Crippen molar-refractivity contribution >= 4 is 11.6 Å². The number of rotatable bonds is 3. The van der Waals surface area contributed by atoms with E-state index in [1.54, 1.807) is 0 Å². The Bertz CT molecular complexity index is 376. The number of alkyl halides is 1. The second kappa shape index (κ2) is 3.99. The molecule has 2 bridgehead atoms. The summed E-state index contributed by atoms with van der Waals surface area (Å²) < 4.78 is 1.91. The van der Waals surface area contributed by atoms with Crippen LogP contribution in [0.2, 0.25) is 0 Å². The van der Waals surface area contributed by atoms with Gasteiger partial charge in [0.2, 0.25) is 0 Å². The van der Waals surface area contributed by atoms with E-state index in [2.05, 4.69) is 15.5 Å². The molecule has 2 saturated carbocycles. The van der Waals surface area contributed by atoms with Gasteiger partial charge in [-0.1, -0.05) is 6.42 Å². The van der Waals surface area contributed by atoms with E-state index in [4.69, 9.17) is 11.6 Å². The summed E-state index contributed by atoms with van der Waals surface area (Å²) in [5.74, 6) is 3.47. The molecule has 1 heterocycles. The number of hydrogen-bond donors (Lipinski definition) is 0. The van der Waals surface area contributed by atoms with Gasteiger partial charge in [-0.05, 0) is 54.4 Å². The number of tetrazole rings is 1. The summed E-state index contributed by atoms with van der Waals surface area (Å²) >= 11 is 6.05. The molecule has 4 nitrogen and oxygen atoms in total. The topological polar surface area (TPSA) is 43.6 Å². The Morgan fingerprint density at radius 1 is 1.44 bits per heavy atom. The SMILES string of the molecule is CC(Cl)c1nnnn1CC1CC2CCC1C2. The van der Waals surface area contributed by atoms with Crippen molar-refractivity contribution in [3.63, 3.8) is 0 Å². The minimum Gasteiger partial charge on any atom is -0.228 e. The fourth-order valence-corrected chi connectivity index (χ4v) is 3.60. The zero-order chi connectivity index (χ0) is 11.1. The Morgan fingerprint density at radius 2 is 2.31 bits per heavy atom. The van der Waals surface area contributed by atoms with E-state index >= 15 is 0 Å². The van der Waals surface area contributed by atoms with Crippen LogP contribution >= 0.6 is 11.6 Å². The maximum Gasteiger partial charge on any atom is 0.168 e. The van der Waals surface area contributed by atoms with Gasteiger partial charge in [0.1, 0.15) is 0 Å². The first-order valence-corrected chi connectivity index (χ1v) is 6.58. The normalized spacial score (nSPS) is 34.5. The third-order valence-electron chi connectivity index (χ3n) is 4.21. The Labute approximate surface area is 100 Å². The van der Waals surface area contributed by atoms with Crippen molar-refractivity contribution in [3.8, 4) is 0 Å². The molecule has 4 unspecified atom stereocenters. The van der Waals surface area contributed by atoms with Crippen LogP contribution in [-0.4, -0.2) is 20.2 Å². The lowest BCUT2D eigenvalue weighted by Crippen LogP contribution is -2.19. The summed E-state index contributed by atoms with van der Waals surface area (Å²) in [5.41, 5.74) is 0. The van der Waals surface area contributed by atoms with E-state index in [9.17, 15) is 0 Å². The van der Waals surface area contributed by atoms with Gasteiger partial charge in [0.05, 0.1) is 5.38 Å². The second-order valence-corrected chi connectivity index (χ2v) is 5.92. The Morgan fingerprint density at radius 3 is 2.94 bits per heavy atom. The predicted molar refractivity (Wildman–Crippen MR) is 61.0 cm³/mol. The molecule has 2 aliphatic carbocycles. The molecular formula is C11H17ClN4. The number of halogens is 1. The third-order valence-corrected chi connectivity index (χ3v) is 4.40. The Kier molecular flexibility index (Phi) is 2.62. The van der Waals surface area contributed by atoms with Crippen molar-refractivity contribution in [2.75, 3.05) is 0 Å². The number of hydrogen-bond acceptors (Lipinski definition) is 3. The van der Waals surface area contributed by atoms with Gasteiger partial charge in [-0.2, -0.15) is 0 Å². The van der Waals surface area contributed by atoms with Crippen molar-refractivity contribution in [1.82, 2.24) is 20.2 Å². The Balaban J connectivity index is 1.72. The van der Waals surface area contributed by atoms with Gasteiger partial charge in [0.15, 0.2) is 5.82 Å². The van der Waals surface area contributed by atoms with Crippen LogP contribution in [0.1, 0.15) is 43.8 Å². The molecule has 4 atom stereocenters. The van der Waals surface area contributed by atoms with Gasteiger partial charge in [0, 0.05) is 6.54 Å². The molecule has 0 radical (unpaired) electrons. The average Bonchev–Trinajstić information content (AvgIpc) is 2.91. The highest BCUT2D eigenvalue weighted by Crippen LogP contribution is 2.48. The molecule has 0 N–H and O–H groups in total. The highest BCUT2D eigenvalue weighted by atomic mass is 35.5. The lowest BCUT2D eigenvalue weighted by Gasteiger charge is -2.21. The van der Waals surface area contributed by atoms with Crippen LogP contribution in [0, 0.1) is 17.8 Å². The van der Waals surface area contributed by atoms with Crippen LogP contribution in [0.25, 0.3) is 0 Å². The minimum atomic E-state index is -0.103. The molecule has 16 heavy (non-hydrogen) atoms. The number of fused-ring (bicyclic) bond motifs is 2. The highest BCUT2D eigenvalue weighted by molar-refractivity contribution is 6.20. The van der Waals surface area contributed by atoms with Crippen LogP contribution in [0.5, 0.6) is 0 Å². The van der Waals surface area contributed by atoms with Gasteiger partial charge >= 0.3 is 0 Å². The standard InChI is InChI=1S/C11H17ClN4/c1-7(12)11-13-14-15-16(11)6-10-5-8-2-3-9(10)4-8/h7-10H,2-6H2,1H3. The second-order valence-electron chi connectivity index (χ2n) is 5.27. The van der Waals surface area contributed by atoms with Crippen molar-refractivity contribution in [2.45, 2.75) is 44.5 Å². The smallest absolute Gasteiger partial charge is 0.168 e. The summed E-state index contributed by atoms with van der Waals surface area (Å²) in [4.78, 5) is 0. The zero-order valence-corrected chi connectivity index (χ0v) is 10.3. The van der Waals surface area contributed by atoms with Crippen molar-refractivity contribution in [2.24, 2.45) is 17.8 Å². The summed E-state index contributed by atoms with van der Waals surface area (Å²) in [6.45, 7) is 2.88. The van der Waals surface area contributed by atoms with Crippen molar-refractivity contribution < 1.29 is 0 Å². The van der Waals surface area contributed by atoms with Crippen LogP contribution in [0.3, 0.4) is 0 Å². The van der Waals surface area contributed by atoms with Gasteiger partial charge in [-0.25, -0.2) is 4.68 Å². The van der Waals surface area contributed by atoms with Gasteiger partial charge in [-0.3, -0.25) is 0 Å². The summed E-state index contributed by atoms with van der Waals surface area (Å²) in [6, 6.07) is 0. The van der Waals surface area contributed by atoms with Crippen LogP contribution in [0.15, 0.2) is 0 Å². The molecule has 88 valence electrons. The largest absolute Gasteiger partial charge is 0.228 e. The van der Waals surface area contributed by atoms with Gasteiger partial charge in [0.25, 0.3) is 0 Å². The number of nitrogens with zero attached hydrogens (tertiary/aromatic N) is 4. The first-order valence-electron chi connectivity index (χ1n) is 6.14. The lowest BCUT2D eigenvalue weighted by atomic mass is 9.89. The molecule has 0 aliphatic heterocycles. The molecule has 0 spiro atoms. The van der Waals surface area contributed by atoms with Crippen molar-refractivity contribution in [1.29, 1.82) is 0 Å². The molecule has 3 rings (SSSR count). The molecule has 0 saturated heterocycles. The van der Waals surface area contributed by atoms with Crippen LogP contribution in [0.4, 0.5) is 0 Å². The van der Waals surface area contributed by atoms with E-state index < -0.39 is 0 Å². The fourth-order valence-electron chi connectivity index (χ4n) is 3.45. The monoisotopic (exact) mass is 240 g/mol. The first kappa shape index (κ1) is 10.5. The zero-order valence-electron chi connectivity index (χ0n) is 9.51. The van der Waals surface area contributed by atoms with Crippen LogP contribution in [-0.2, 0) is 6.54 Å². The molecule has 0 amide bonds. The summed E-state index contributed by atoms with van der Waals surface area (Å²) in [7, 11) is 0. The quantitative estimate of drug-likeness (QED) is 0.762. The first-order chi connectivity index (χ1) is 7.74. The highest BCUT2D eigenvalue weighted by Gasteiger charge is 2.39. The molecule has 2 fully saturated rings. The van der Waals surface area contributed by atoms with E-state index in [1.807, 2.05) is 11.6 Å². The molecule has 0 aromatic carbocycles. The molecule has 1 aromatic rings. The lowest BCUT2D eigenvalue weighted by molar-refractivity contribution is 0.280. The molecule has 5 heteroatoms.